The van der Waals surface area contributed by atoms with E-state index in [-0.39, 0.29) is 15.4 Å². The van der Waals surface area contributed by atoms with Gasteiger partial charge in [-0.15, -0.1) is 23.4 Å². The van der Waals surface area contributed by atoms with Crippen molar-refractivity contribution in [3.63, 3.8) is 0 Å². The van der Waals surface area contributed by atoms with Crippen molar-refractivity contribution in [3.05, 3.63) is 32.5 Å². The largest absolute Gasteiger partial charge is 0.285 e. The van der Waals surface area contributed by atoms with Crippen LogP contribution in [0.5, 0.6) is 0 Å². The predicted molar refractivity (Wildman–Crippen MR) is 71.4 cm³/mol. The molecule has 1 unspecified atom stereocenters. The Kier molecular flexibility index (Phi) is 5.69. The lowest BCUT2D eigenvalue weighted by atomic mass is 10.3. The second-order valence-corrected chi connectivity index (χ2v) is 6.11. The van der Waals surface area contributed by atoms with Crippen molar-refractivity contribution in [2.75, 3.05) is 5.88 Å². The first kappa shape index (κ1) is 14.7. The number of hydrogen-bond acceptors (Lipinski definition) is 3. The van der Waals surface area contributed by atoms with E-state index < -0.39 is 10.7 Å². The molecule has 17 heavy (non-hydrogen) atoms. The third-order valence-corrected chi connectivity index (χ3v) is 4.09. The molecule has 7 heteroatoms. The van der Waals surface area contributed by atoms with Crippen molar-refractivity contribution < 1.29 is 9.31 Å². The van der Waals surface area contributed by atoms with E-state index in [2.05, 4.69) is 15.9 Å². The van der Waals surface area contributed by atoms with Gasteiger partial charge in [-0.05, 0) is 28.4 Å². The summed E-state index contributed by atoms with van der Waals surface area (Å²) in [5.74, 6) is -0.143. The topological polar surface area (TPSA) is 43.1 Å². The van der Waals surface area contributed by atoms with Gasteiger partial charge >= 0.3 is 0 Å². The fourth-order valence-corrected chi connectivity index (χ4v) is 3.25. The molecule has 0 saturated carbocycles. The molecule has 0 aliphatic carbocycles. The van der Waals surface area contributed by atoms with E-state index in [4.69, 9.17) is 11.6 Å². The number of thioether (sulfide) groups is 1. The van der Waals surface area contributed by atoms with E-state index >= 15 is 0 Å². The first-order valence-corrected chi connectivity index (χ1v) is 7.02. The highest BCUT2D eigenvalue weighted by Crippen LogP contribution is 2.36. The minimum atomic E-state index is -0.633. The number of alkyl halides is 1. The molecule has 0 aromatic heterocycles. The molecule has 0 heterocycles. The van der Waals surface area contributed by atoms with Crippen molar-refractivity contribution in [2.24, 2.45) is 0 Å². The van der Waals surface area contributed by atoms with Crippen LogP contribution < -0.4 is 0 Å². The summed E-state index contributed by atoms with van der Waals surface area (Å²) in [6, 6.07) is 2.36. The zero-order valence-corrected chi connectivity index (χ0v) is 12.1. The van der Waals surface area contributed by atoms with Gasteiger partial charge in [-0.3, -0.25) is 10.1 Å². The van der Waals surface area contributed by atoms with Gasteiger partial charge < -0.3 is 0 Å². The molecule has 94 valence electrons. The molecule has 1 atom stereocenters. The number of benzene rings is 1. The lowest BCUT2D eigenvalue weighted by Crippen LogP contribution is -1.99. The quantitative estimate of drug-likeness (QED) is 0.340. The van der Waals surface area contributed by atoms with E-state index in [1.165, 1.54) is 17.8 Å². The van der Waals surface area contributed by atoms with Crippen molar-refractivity contribution in [1.82, 2.24) is 0 Å². The second kappa shape index (κ2) is 6.56. The van der Waals surface area contributed by atoms with Crippen LogP contribution in [0.15, 0.2) is 21.5 Å². The van der Waals surface area contributed by atoms with Gasteiger partial charge in [-0.2, -0.15) is 0 Å². The Bertz CT molecular complexity index is 433. The maximum atomic E-state index is 13.2. The monoisotopic (exact) mass is 341 g/mol. The highest BCUT2D eigenvalue weighted by Gasteiger charge is 2.19. The molecule has 0 N–H and O–H groups in total. The van der Waals surface area contributed by atoms with Gasteiger partial charge in [0, 0.05) is 11.1 Å². The first-order chi connectivity index (χ1) is 7.95. The fraction of sp³-hybridized carbons (Fsp3) is 0.400. The lowest BCUT2D eigenvalue weighted by Gasteiger charge is -2.10. The van der Waals surface area contributed by atoms with E-state index in [1.807, 2.05) is 6.92 Å². The summed E-state index contributed by atoms with van der Waals surface area (Å²) in [6.45, 7) is 1.92. The average Bonchev–Trinajstić information content (AvgIpc) is 2.23. The zero-order chi connectivity index (χ0) is 13.0. The minimum Gasteiger partial charge on any atom is -0.258 e. The average molecular weight is 343 g/mol. The lowest BCUT2D eigenvalue weighted by molar-refractivity contribution is -0.387. The van der Waals surface area contributed by atoms with Crippen LogP contribution >= 0.6 is 39.3 Å². The Hall–Kier alpha value is -0.330. The number of nitrogens with zero attached hydrogens (tertiary/aromatic N) is 1. The van der Waals surface area contributed by atoms with Crippen LogP contribution in [0.25, 0.3) is 0 Å². The van der Waals surface area contributed by atoms with Crippen LogP contribution in [0.3, 0.4) is 0 Å². The SMILES string of the molecule is CC(CCCl)Sc1cc(Br)c(F)cc1[N+](=O)[O-]. The summed E-state index contributed by atoms with van der Waals surface area (Å²) >= 11 is 9.95. The van der Waals surface area contributed by atoms with Crippen LogP contribution in [0.1, 0.15) is 13.3 Å². The van der Waals surface area contributed by atoms with Crippen molar-refractivity contribution in [3.8, 4) is 0 Å². The Morgan fingerprint density at radius 1 is 1.65 bits per heavy atom. The Morgan fingerprint density at radius 2 is 2.29 bits per heavy atom. The molecule has 0 amide bonds. The Labute approximate surface area is 116 Å². The summed E-state index contributed by atoms with van der Waals surface area (Å²) in [5.41, 5.74) is -0.211. The summed E-state index contributed by atoms with van der Waals surface area (Å²) in [7, 11) is 0. The first-order valence-electron chi connectivity index (χ1n) is 4.81. The minimum absolute atomic E-state index is 0.142. The third kappa shape index (κ3) is 4.12. The van der Waals surface area contributed by atoms with Gasteiger partial charge in [0.1, 0.15) is 5.82 Å². The smallest absolute Gasteiger partial charge is 0.258 e. The zero-order valence-electron chi connectivity index (χ0n) is 8.95. The predicted octanol–water partition coefficient (Wildman–Crippen LogP) is 4.61. The second-order valence-electron chi connectivity index (χ2n) is 3.40. The molecule has 0 saturated heterocycles. The summed E-state index contributed by atoms with van der Waals surface area (Å²) < 4.78 is 13.4. The molecule has 3 nitrogen and oxygen atoms in total. The molecule has 1 aromatic carbocycles. The summed E-state index contributed by atoms with van der Waals surface area (Å²) in [5, 5.41) is 11.0. The normalized spacial score (nSPS) is 12.5. The maximum Gasteiger partial charge on any atom is 0.285 e. The number of hydrogen-bond donors (Lipinski definition) is 0. The summed E-state index contributed by atoms with van der Waals surface area (Å²) in [4.78, 5) is 10.7. The van der Waals surface area contributed by atoms with E-state index in [1.54, 1.807) is 0 Å². The Balaban J connectivity index is 3.04. The molecule has 1 rings (SSSR count). The highest BCUT2D eigenvalue weighted by atomic mass is 79.9. The van der Waals surface area contributed by atoms with Crippen LogP contribution in [0.2, 0.25) is 0 Å². The maximum absolute atomic E-state index is 13.2. The Morgan fingerprint density at radius 3 is 2.82 bits per heavy atom. The molecule has 0 radical (unpaired) electrons. The van der Waals surface area contributed by atoms with Gasteiger partial charge in [-0.25, -0.2) is 4.39 Å². The number of halogens is 3. The molecule has 0 fully saturated rings. The molecular weight excluding hydrogens is 333 g/mol. The van der Waals surface area contributed by atoms with E-state index in [0.29, 0.717) is 10.8 Å². The van der Waals surface area contributed by atoms with Gasteiger partial charge in [0.2, 0.25) is 0 Å². The highest BCUT2D eigenvalue weighted by molar-refractivity contribution is 9.10. The van der Waals surface area contributed by atoms with E-state index in [9.17, 15) is 14.5 Å². The van der Waals surface area contributed by atoms with Gasteiger partial charge in [0.15, 0.2) is 0 Å². The molecule has 0 aliphatic rings. The van der Waals surface area contributed by atoms with Gasteiger partial charge in [0.25, 0.3) is 5.69 Å². The van der Waals surface area contributed by atoms with Crippen LogP contribution in [0, 0.1) is 15.9 Å². The van der Waals surface area contributed by atoms with Crippen LogP contribution in [-0.2, 0) is 0 Å². The molecule has 0 bridgehead atoms. The molecule has 1 aromatic rings. The third-order valence-electron chi connectivity index (χ3n) is 2.04. The number of nitro benzene ring substituents is 1. The van der Waals surface area contributed by atoms with E-state index in [0.717, 1.165) is 12.5 Å². The van der Waals surface area contributed by atoms with Gasteiger partial charge in [0.05, 0.1) is 20.4 Å². The fourth-order valence-electron chi connectivity index (χ4n) is 1.18. The van der Waals surface area contributed by atoms with Crippen LogP contribution in [-0.4, -0.2) is 16.1 Å². The summed E-state index contributed by atoms with van der Waals surface area (Å²) in [6.07, 6.45) is 0.734. The number of nitro groups is 1. The van der Waals surface area contributed by atoms with Gasteiger partial charge in [-0.1, -0.05) is 6.92 Å². The molecular formula is C10H10BrClFNO2S. The van der Waals surface area contributed by atoms with Crippen LogP contribution in [0.4, 0.5) is 10.1 Å². The van der Waals surface area contributed by atoms with Crippen molar-refractivity contribution >= 4 is 45.0 Å². The van der Waals surface area contributed by atoms with Crippen molar-refractivity contribution in [2.45, 2.75) is 23.5 Å². The van der Waals surface area contributed by atoms with Crippen molar-refractivity contribution in [1.29, 1.82) is 0 Å². The molecule has 0 aliphatic heterocycles. The molecule has 0 spiro atoms. The standard InChI is InChI=1S/C10H10BrClFNO2S/c1-6(2-3-12)17-10-4-7(11)8(13)5-9(10)14(15)16/h4-6H,2-3H2,1H3. The number of rotatable bonds is 5.